The van der Waals surface area contributed by atoms with Crippen LogP contribution in [0.2, 0.25) is 0 Å². The van der Waals surface area contributed by atoms with Crippen molar-refractivity contribution in [1.29, 1.82) is 0 Å². The minimum absolute atomic E-state index is 0.0288. The van der Waals surface area contributed by atoms with E-state index < -0.39 is 28.5 Å². The monoisotopic (exact) mass is 599 g/mol. The quantitative estimate of drug-likeness (QED) is 0.229. The Morgan fingerprint density at radius 3 is 1.84 bits per heavy atom. The number of benzene rings is 4. The van der Waals surface area contributed by atoms with E-state index in [1.54, 1.807) is 31.4 Å². The molecule has 0 radical (unpaired) electrons. The van der Waals surface area contributed by atoms with Crippen molar-refractivity contribution >= 4 is 21.8 Å². The second-order valence-corrected chi connectivity index (χ2v) is 12.2. The minimum Gasteiger partial charge on any atom is -0.497 e. The van der Waals surface area contributed by atoms with Crippen LogP contribution in [0.4, 0.5) is 0 Å². The topological polar surface area (TPSA) is 96.0 Å². The van der Waals surface area contributed by atoms with Gasteiger partial charge in [0.15, 0.2) is 0 Å². The zero-order chi connectivity index (χ0) is 30.7. The van der Waals surface area contributed by atoms with Gasteiger partial charge < -0.3 is 15.0 Å². The molecule has 0 saturated heterocycles. The van der Waals surface area contributed by atoms with Crippen molar-refractivity contribution in [3.8, 4) is 5.75 Å². The lowest BCUT2D eigenvalue weighted by Gasteiger charge is -2.33. The van der Waals surface area contributed by atoms with Gasteiger partial charge in [0.25, 0.3) is 0 Å². The summed E-state index contributed by atoms with van der Waals surface area (Å²) in [5.74, 6) is -0.187. The normalized spacial score (nSPS) is 12.0. The summed E-state index contributed by atoms with van der Waals surface area (Å²) in [6.45, 7) is 0.0588. The smallest absolute Gasteiger partial charge is 0.247 e. The number of rotatable bonds is 14. The van der Waals surface area contributed by atoms with Gasteiger partial charge in [-0.3, -0.25) is 9.59 Å². The highest BCUT2D eigenvalue weighted by atomic mass is 32.2. The molecule has 0 fully saturated rings. The summed E-state index contributed by atoms with van der Waals surface area (Å²) in [7, 11) is -2.19. The summed E-state index contributed by atoms with van der Waals surface area (Å²) >= 11 is 0. The van der Waals surface area contributed by atoms with Crippen LogP contribution in [0.15, 0.2) is 115 Å². The van der Waals surface area contributed by atoms with Crippen molar-refractivity contribution in [3.63, 3.8) is 0 Å². The first-order chi connectivity index (χ1) is 20.7. The van der Waals surface area contributed by atoms with Crippen LogP contribution >= 0.6 is 0 Å². The predicted molar refractivity (Wildman–Crippen MR) is 168 cm³/mol. The molecule has 224 valence electrons. The van der Waals surface area contributed by atoms with Crippen molar-refractivity contribution in [2.24, 2.45) is 0 Å². The van der Waals surface area contributed by atoms with Gasteiger partial charge in [-0.2, -0.15) is 4.31 Å². The van der Waals surface area contributed by atoms with Crippen molar-refractivity contribution < 1.29 is 22.7 Å². The van der Waals surface area contributed by atoms with Crippen LogP contribution in [0.1, 0.15) is 28.3 Å². The molecule has 0 unspecified atom stereocenters. The maximum atomic E-state index is 14.1. The number of ether oxygens (including phenoxy) is 1. The van der Waals surface area contributed by atoms with Gasteiger partial charge >= 0.3 is 0 Å². The minimum atomic E-state index is -3.76. The third kappa shape index (κ3) is 9.26. The molecule has 1 atom stereocenters. The SMILES string of the molecule is COc1ccc(CN(C(=O)CN(Cc2ccccc2)S(C)(=O)=O)[C@@H](C(=O)NCCc2ccccc2)c2ccccc2)cc1. The number of nitrogens with zero attached hydrogens (tertiary/aromatic N) is 2. The third-order valence-corrected chi connectivity index (χ3v) is 8.24. The van der Waals surface area contributed by atoms with Gasteiger partial charge in [0.05, 0.1) is 19.9 Å². The van der Waals surface area contributed by atoms with Gasteiger partial charge in [0.2, 0.25) is 21.8 Å². The van der Waals surface area contributed by atoms with E-state index in [0.717, 1.165) is 27.3 Å². The van der Waals surface area contributed by atoms with E-state index >= 15 is 0 Å². The van der Waals surface area contributed by atoms with Crippen LogP contribution in [-0.4, -0.2) is 55.9 Å². The molecule has 9 heteroatoms. The fourth-order valence-corrected chi connectivity index (χ4v) is 5.48. The lowest BCUT2D eigenvalue weighted by Crippen LogP contribution is -2.48. The Bertz CT molecular complexity index is 1570. The molecule has 4 rings (SSSR count). The molecule has 0 aliphatic rings. The third-order valence-electron chi connectivity index (χ3n) is 7.05. The molecule has 0 heterocycles. The van der Waals surface area contributed by atoms with Gasteiger partial charge in [-0.25, -0.2) is 8.42 Å². The summed E-state index contributed by atoms with van der Waals surface area (Å²) in [5.41, 5.74) is 3.22. The van der Waals surface area contributed by atoms with E-state index in [1.807, 2.05) is 91.0 Å². The highest BCUT2D eigenvalue weighted by Gasteiger charge is 2.33. The maximum Gasteiger partial charge on any atom is 0.247 e. The molecule has 1 N–H and O–H groups in total. The Morgan fingerprint density at radius 1 is 0.744 bits per heavy atom. The Balaban J connectivity index is 1.66. The molecule has 0 saturated carbocycles. The van der Waals surface area contributed by atoms with Crippen molar-refractivity contribution in [1.82, 2.24) is 14.5 Å². The highest BCUT2D eigenvalue weighted by molar-refractivity contribution is 7.88. The summed E-state index contributed by atoms with van der Waals surface area (Å²) in [4.78, 5) is 29.5. The Morgan fingerprint density at radius 2 is 1.28 bits per heavy atom. The van der Waals surface area contributed by atoms with Crippen molar-refractivity contribution in [3.05, 3.63) is 138 Å². The molecule has 0 bridgehead atoms. The molecule has 2 amide bonds. The van der Waals surface area contributed by atoms with E-state index in [2.05, 4.69) is 5.32 Å². The van der Waals surface area contributed by atoms with Crippen LogP contribution in [0.25, 0.3) is 0 Å². The number of hydrogen-bond acceptors (Lipinski definition) is 5. The molecular weight excluding hydrogens is 562 g/mol. The van der Waals surface area contributed by atoms with Crippen LogP contribution in [0, 0.1) is 0 Å². The first-order valence-electron chi connectivity index (χ1n) is 14.0. The number of carbonyl (C=O) groups is 2. The number of amides is 2. The van der Waals surface area contributed by atoms with Gasteiger partial charge in [0, 0.05) is 19.6 Å². The average Bonchev–Trinajstić information content (AvgIpc) is 3.02. The number of sulfonamides is 1. The van der Waals surface area contributed by atoms with E-state index in [-0.39, 0.29) is 19.0 Å². The van der Waals surface area contributed by atoms with E-state index in [0.29, 0.717) is 24.3 Å². The fraction of sp³-hybridized carbons (Fsp3) is 0.235. The van der Waals surface area contributed by atoms with Crippen LogP contribution in [0.5, 0.6) is 5.75 Å². The summed E-state index contributed by atoms with van der Waals surface area (Å²) in [5, 5.41) is 3.01. The van der Waals surface area contributed by atoms with Gasteiger partial charge in [-0.1, -0.05) is 103 Å². The van der Waals surface area contributed by atoms with E-state index in [4.69, 9.17) is 4.74 Å². The average molecular weight is 600 g/mol. The zero-order valence-corrected chi connectivity index (χ0v) is 25.2. The van der Waals surface area contributed by atoms with E-state index in [9.17, 15) is 18.0 Å². The molecule has 43 heavy (non-hydrogen) atoms. The maximum absolute atomic E-state index is 14.1. The second-order valence-electron chi connectivity index (χ2n) is 10.2. The van der Waals surface area contributed by atoms with Crippen LogP contribution in [-0.2, 0) is 39.1 Å². The zero-order valence-electron chi connectivity index (χ0n) is 24.4. The van der Waals surface area contributed by atoms with Gasteiger partial charge in [0.1, 0.15) is 11.8 Å². The molecule has 0 aliphatic carbocycles. The number of hydrogen-bond donors (Lipinski definition) is 1. The largest absolute Gasteiger partial charge is 0.497 e. The van der Waals surface area contributed by atoms with Crippen LogP contribution < -0.4 is 10.1 Å². The van der Waals surface area contributed by atoms with Crippen molar-refractivity contribution in [2.45, 2.75) is 25.6 Å². The summed E-state index contributed by atoms with van der Waals surface area (Å²) in [6.07, 6.45) is 1.71. The second kappa shape index (κ2) is 15.1. The summed E-state index contributed by atoms with van der Waals surface area (Å²) < 4.78 is 32.1. The molecule has 4 aromatic rings. The first kappa shape index (κ1) is 31.5. The number of methoxy groups -OCH3 is 1. The Kier molecular flexibility index (Phi) is 11.1. The molecule has 0 spiro atoms. The molecule has 0 aliphatic heterocycles. The predicted octanol–water partition coefficient (Wildman–Crippen LogP) is 4.59. The molecule has 8 nitrogen and oxygen atoms in total. The van der Waals surface area contributed by atoms with Gasteiger partial charge in [-0.15, -0.1) is 0 Å². The standard InChI is InChI=1S/C34H37N3O5S/c1-42-31-20-18-29(19-21-31)25-37(32(38)26-36(43(2,40)41)24-28-14-8-4-9-15-28)33(30-16-10-5-11-17-30)34(39)35-23-22-27-12-6-3-7-13-27/h3-21,33H,22-26H2,1-2H3,(H,35,39)/t33-/m1/s1. The molecule has 0 aromatic heterocycles. The highest BCUT2D eigenvalue weighted by Crippen LogP contribution is 2.25. The molecular formula is C34H37N3O5S. The summed E-state index contributed by atoms with van der Waals surface area (Å²) in [6, 6.07) is 34.2. The number of nitrogens with one attached hydrogen (secondary N) is 1. The first-order valence-corrected chi connectivity index (χ1v) is 15.9. The lowest BCUT2D eigenvalue weighted by molar-refractivity contribution is -0.141. The molecule has 4 aromatic carbocycles. The van der Waals surface area contributed by atoms with Crippen LogP contribution in [0.3, 0.4) is 0 Å². The lowest BCUT2D eigenvalue weighted by atomic mass is 10.0. The number of carbonyl (C=O) groups excluding carboxylic acids is 2. The Hall–Kier alpha value is -4.47. The van der Waals surface area contributed by atoms with Crippen molar-refractivity contribution in [2.75, 3.05) is 26.5 Å². The fourth-order valence-electron chi connectivity index (χ4n) is 4.75. The van der Waals surface area contributed by atoms with Gasteiger partial charge in [-0.05, 0) is 40.8 Å². The Labute approximate surface area is 254 Å². The van der Waals surface area contributed by atoms with E-state index in [1.165, 1.54) is 4.90 Å².